The second-order valence-corrected chi connectivity index (χ2v) is 3.60. The number of aromatic nitrogens is 1. The average Bonchev–Trinajstić information content (AvgIpc) is 2.30. The van der Waals surface area contributed by atoms with Crippen LogP contribution in [-0.2, 0) is 0 Å². The van der Waals surface area contributed by atoms with E-state index >= 15 is 0 Å². The molecule has 1 rings (SSSR count). The average molecular weight is 219 g/mol. The lowest BCUT2D eigenvalue weighted by atomic mass is 10.2. The van der Waals surface area contributed by atoms with E-state index in [-0.39, 0.29) is 0 Å². The van der Waals surface area contributed by atoms with Crippen LogP contribution in [0.1, 0.15) is 12.5 Å². The van der Waals surface area contributed by atoms with Crippen LogP contribution in [0, 0.1) is 11.3 Å². The Hall–Kier alpha value is -1.80. The van der Waals surface area contributed by atoms with Crippen molar-refractivity contribution in [2.24, 2.45) is 0 Å². The molecule has 0 bridgehead atoms. The Morgan fingerprint density at radius 2 is 2.38 bits per heavy atom. The van der Waals surface area contributed by atoms with E-state index in [4.69, 9.17) is 11.0 Å². The fourth-order valence-corrected chi connectivity index (χ4v) is 1.23. The van der Waals surface area contributed by atoms with Gasteiger partial charge < -0.3 is 16.0 Å². The smallest absolute Gasteiger partial charge is 0.144 e. The molecule has 0 aromatic carbocycles. The van der Waals surface area contributed by atoms with E-state index in [1.807, 2.05) is 7.05 Å². The van der Waals surface area contributed by atoms with E-state index < -0.39 is 0 Å². The molecule has 0 atom stereocenters. The van der Waals surface area contributed by atoms with E-state index in [1.165, 1.54) is 0 Å². The van der Waals surface area contributed by atoms with Crippen molar-refractivity contribution in [3.05, 3.63) is 17.8 Å². The SMILES string of the molecule is CCN(C)CCNc1ncc(N)cc1C#N. The van der Waals surface area contributed by atoms with Gasteiger partial charge in [0.25, 0.3) is 0 Å². The van der Waals surface area contributed by atoms with Gasteiger partial charge >= 0.3 is 0 Å². The first kappa shape index (κ1) is 12.3. The molecule has 86 valence electrons. The predicted molar refractivity (Wildman–Crippen MR) is 65.0 cm³/mol. The van der Waals surface area contributed by atoms with Crippen LogP contribution in [0.15, 0.2) is 12.3 Å². The molecule has 0 unspecified atom stereocenters. The largest absolute Gasteiger partial charge is 0.397 e. The number of nitrogens with one attached hydrogen (secondary N) is 1. The van der Waals surface area contributed by atoms with Crippen molar-refractivity contribution in [1.82, 2.24) is 9.88 Å². The fourth-order valence-electron chi connectivity index (χ4n) is 1.23. The maximum atomic E-state index is 8.90. The van der Waals surface area contributed by atoms with Crippen molar-refractivity contribution < 1.29 is 0 Å². The fraction of sp³-hybridized carbons (Fsp3) is 0.455. The molecule has 0 spiro atoms. The number of pyridine rings is 1. The number of nitrogen functional groups attached to an aromatic ring is 1. The van der Waals surface area contributed by atoms with Gasteiger partial charge in [0, 0.05) is 13.1 Å². The number of nitrogens with zero attached hydrogens (tertiary/aromatic N) is 3. The molecule has 0 saturated carbocycles. The Labute approximate surface area is 95.9 Å². The number of hydrogen-bond acceptors (Lipinski definition) is 5. The summed E-state index contributed by atoms with van der Waals surface area (Å²) in [6.07, 6.45) is 1.55. The summed E-state index contributed by atoms with van der Waals surface area (Å²) in [5.41, 5.74) is 6.54. The lowest BCUT2D eigenvalue weighted by Crippen LogP contribution is -2.25. The predicted octanol–water partition coefficient (Wildman–Crippen LogP) is 0.899. The Kier molecular flexibility index (Phi) is 4.55. The molecule has 0 aliphatic carbocycles. The van der Waals surface area contributed by atoms with Crippen LogP contribution in [0.25, 0.3) is 0 Å². The van der Waals surface area contributed by atoms with Crippen LogP contribution in [0.5, 0.6) is 0 Å². The quantitative estimate of drug-likeness (QED) is 0.769. The number of nitrogens with two attached hydrogens (primary N) is 1. The molecular formula is C11H17N5. The second-order valence-electron chi connectivity index (χ2n) is 3.60. The van der Waals surface area contributed by atoms with Gasteiger partial charge in [-0.15, -0.1) is 0 Å². The number of rotatable bonds is 5. The lowest BCUT2D eigenvalue weighted by Gasteiger charge is -2.14. The summed E-state index contributed by atoms with van der Waals surface area (Å²) in [7, 11) is 2.04. The number of nitriles is 1. The van der Waals surface area contributed by atoms with Crippen molar-refractivity contribution in [3.8, 4) is 6.07 Å². The molecule has 0 radical (unpaired) electrons. The molecular weight excluding hydrogens is 202 g/mol. The van der Waals surface area contributed by atoms with E-state index in [0.29, 0.717) is 17.1 Å². The highest BCUT2D eigenvalue weighted by molar-refractivity contribution is 5.57. The van der Waals surface area contributed by atoms with Gasteiger partial charge in [0.1, 0.15) is 11.9 Å². The summed E-state index contributed by atoms with van der Waals surface area (Å²) in [5.74, 6) is 0.598. The minimum Gasteiger partial charge on any atom is -0.397 e. The zero-order valence-corrected chi connectivity index (χ0v) is 9.70. The second kappa shape index (κ2) is 5.93. The Bertz CT molecular complexity index is 382. The first-order chi connectivity index (χ1) is 7.67. The third-order valence-electron chi connectivity index (χ3n) is 2.36. The summed E-state index contributed by atoms with van der Waals surface area (Å²) >= 11 is 0. The highest BCUT2D eigenvalue weighted by atomic mass is 15.1. The molecule has 0 saturated heterocycles. The number of hydrogen-bond donors (Lipinski definition) is 2. The Morgan fingerprint density at radius 3 is 3.00 bits per heavy atom. The van der Waals surface area contributed by atoms with Crippen LogP contribution in [0.2, 0.25) is 0 Å². The molecule has 1 heterocycles. The topological polar surface area (TPSA) is 78.0 Å². The molecule has 0 aliphatic rings. The summed E-state index contributed by atoms with van der Waals surface area (Å²) < 4.78 is 0. The molecule has 1 aromatic heterocycles. The highest BCUT2D eigenvalue weighted by Gasteiger charge is 2.03. The highest BCUT2D eigenvalue weighted by Crippen LogP contribution is 2.13. The first-order valence-corrected chi connectivity index (χ1v) is 5.25. The molecule has 0 fully saturated rings. The first-order valence-electron chi connectivity index (χ1n) is 5.25. The van der Waals surface area contributed by atoms with Crippen LogP contribution < -0.4 is 11.1 Å². The lowest BCUT2D eigenvalue weighted by molar-refractivity contribution is 0.367. The maximum absolute atomic E-state index is 8.90. The molecule has 5 heteroatoms. The van der Waals surface area contributed by atoms with Gasteiger partial charge in [-0.3, -0.25) is 0 Å². The summed E-state index contributed by atoms with van der Waals surface area (Å²) in [6, 6.07) is 3.69. The minimum atomic E-state index is 0.485. The van der Waals surface area contributed by atoms with Gasteiger partial charge in [0.05, 0.1) is 17.4 Å². The van der Waals surface area contributed by atoms with Crippen molar-refractivity contribution in [1.29, 1.82) is 5.26 Å². The minimum absolute atomic E-state index is 0.485. The van der Waals surface area contributed by atoms with Gasteiger partial charge in [-0.05, 0) is 19.7 Å². The van der Waals surface area contributed by atoms with E-state index in [0.717, 1.165) is 19.6 Å². The molecule has 16 heavy (non-hydrogen) atoms. The summed E-state index contributed by atoms with van der Waals surface area (Å²) in [6.45, 7) is 4.77. The van der Waals surface area contributed by atoms with Gasteiger partial charge in [0.2, 0.25) is 0 Å². The summed E-state index contributed by atoms with van der Waals surface area (Å²) in [5, 5.41) is 12.0. The van der Waals surface area contributed by atoms with Crippen LogP contribution in [0.4, 0.5) is 11.5 Å². The third-order valence-corrected chi connectivity index (χ3v) is 2.36. The Morgan fingerprint density at radius 1 is 1.62 bits per heavy atom. The van der Waals surface area contributed by atoms with Crippen molar-refractivity contribution >= 4 is 11.5 Å². The van der Waals surface area contributed by atoms with Crippen LogP contribution in [-0.4, -0.2) is 36.6 Å². The summed E-state index contributed by atoms with van der Waals surface area (Å²) in [4.78, 5) is 6.27. The normalized spacial score (nSPS) is 10.1. The number of anilines is 2. The van der Waals surface area contributed by atoms with Gasteiger partial charge in [-0.1, -0.05) is 6.92 Å². The number of likely N-dealkylation sites (N-methyl/N-ethyl adjacent to an activating group) is 1. The Balaban J connectivity index is 2.57. The van der Waals surface area contributed by atoms with E-state index in [9.17, 15) is 0 Å². The van der Waals surface area contributed by atoms with E-state index in [2.05, 4.69) is 28.2 Å². The molecule has 1 aromatic rings. The zero-order chi connectivity index (χ0) is 12.0. The van der Waals surface area contributed by atoms with Crippen molar-refractivity contribution in [3.63, 3.8) is 0 Å². The zero-order valence-electron chi connectivity index (χ0n) is 9.70. The molecule has 0 amide bonds. The van der Waals surface area contributed by atoms with Gasteiger partial charge in [0.15, 0.2) is 0 Å². The van der Waals surface area contributed by atoms with Crippen molar-refractivity contribution in [2.45, 2.75) is 6.92 Å². The molecule has 3 N–H and O–H groups in total. The molecule has 0 aliphatic heterocycles. The third kappa shape index (κ3) is 3.41. The van der Waals surface area contributed by atoms with Crippen LogP contribution >= 0.6 is 0 Å². The molecule has 5 nitrogen and oxygen atoms in total. The van der Waals surface area contributed by atoms with Crippen molar-refractivity contribution in [2.75, 3.05) is 37.7 Å². The van der Waals surface area contributed by atoms with Gasteiger partial charge in [-0.25, -0.2) is 4.98 Å². The van der Waals surface area contributed by atoms with Crippen LogP contribution in [0.3, 0.4) is 0 Å². The van der Waals surface area contributed by atoms with Gasteiger partial charge in [-0.2, -0.15) is 5.26 Å². The monoisotopic (exact) mass is 219 g/mol. The standard InChI is InChI=1S/C11H17N5/c1-3-16(2)5-4-14-11-9(7-12)6-10(13)8-15-11/h6,8H,3-5,13H2,1-2H3,(H,14,15). The maximum Gasteiger partial charge on any atom is 0.144 e. The van der Waals surface area contributed by atoms with E-state index in [1.54, 1.807) is 12.3 Å².